The van der Waals surface area contributed by atoms with Gasteiger partial charge in [0.25, 0.3) is 5.91 Å². The Balaban J connectivity index is 2.13. The lowest BCUT2D eigenvalue weighted by atomic mass is 10.1. The van der Waals surface area contributed by atoms with Crippen LogP contribution in [-0.2, 0) is 6.54 Å². The Morgan fingerprint density at radius 3 is 2.43 bits per heavy atom. The first-order chi connectivity index (χ1) is 10.0. The third kappa shape index (κ3) is 3.61. The summed E-state index contributed by atoms with van der Waals surface area (Å²) in [6.45, 7) is 0.337. The molecule has 2 aromatic carbocycles. The Hall–Kier alpha value is -1.88. The number of carbonyl (C=O) groups excluding carboxylic acids is 1. The second-order valence-corrected chi connectivity index (χ2v) is 5.49. The van der Waals surface area contributed by atoms with Crippen molar-refractivity contribution in [3.63, 3.8) is 0 Å². The topological polar surface area (TPSA) is 20.3 Å². The monoisotopic (exact) mass is 307 g/mol. The minimum absolute atomic E-state index is 0.252. The molecule has 0 N–H and O–H groups in total. The first-order valence-electron chi connectivity index (χ1n) is 6.35. The van der Waals surface area contributed by atoms with Crippen molar-refractivity contribution in [1.82, 2.24) is 4.90 Å². The van der Waals surface area contributed by atoms with E-state index in [-0.39, 0.29) is 5.56 Å². The Kier molecular flexibility index (Phi) is 4.96. The molecule has 2 aromatic rings. The molecule has 0 spiro atoms. The summed E-state index contributed by atoms with van der Waals surface area (Å²) in [5.74, 6) is -2.66. The summed E-state index contributed by atoms with van der Waals surface area (Å²) >= 11 is 1.63. The van der Waals surface area contributed by atoms with E-state index in [1.807, 2.05) is 30.5 Å². The molecule has 0 bridgehead atoms. The minimum Gasteiger partial charge on any atom is -0.337 e. The summed E-state index contributed by atoms with van der Waals surface area (Å²) in [6, 6.07) is 11.4. The molecule has 5 heteroatoms. The van der Waals surface area contributed by atoms with Crippen LogP contribution in [0.15, 0.2) is 47.4 Å². The van der Waals surface area contributed by atoms with Gasteiger partial charge >= 0.3 is 0 Å². The van der Waals surface area contributed by atoms with Crippen molar-refractivity contribution in [3.05, 3.63) is 65.2 Å². The molecule has 110 valence electrons. The van der Waals surface area contributed by atoms with Gasteiger partial charge in [0, 0.05) is 18.5 Å². The number of rotatable bonds is 4. The van der Waals surface area contributed by atoms with Gasteiger partial charge in [0.15, 0.2) is 11.6 Å². The van der Waals surface area contributed by atoms with E-state index in [1.165, 1.54) is 17.0 Å². The maximum absolute atomic E-state index is 13.6. The molecule has 0 unspecified atom stereocenters. The summed E-state index contributed by atoms with van der Waals surface area (Å²) < 4.78 is 26.8. The normalized spacial score (nSPS) is 10.5. The van der Waals surface area contributed by atoms with Crippen molar-refractivity contribution < 1.29 is 13.6 Å². The predicted molar refractivity (Wildman–Crippen MR) is 80.4 cm³/mol. The maximum atomic E-state index is 13.6. The number of thioether (sulfide) groups is 1. The lowest BCUT2D eigenvalue weighted by Crippen LogP contribution is -2.27. The fourth-order valence-corrected chi connectivity index (χ4v) is 2.36. The van der Waals surface area contributed by atoms with Crippen molar-refractivity contribution in [2.75, 3.05) is 13.3 Å². The Bertz CT molecular complexity index is 643. The van der Waals surface area contributed by atoms with Crippen LogP contribution >= 0.6 is 11.8 Å². The van der Waals surface area contributed by atoms with E-state index in [4.69, 9.17) is 0 Å². The average Bonchev–Trinajstić information content (AvgIpc) is 2.50. The van der Waals surface area contributed by atoms with E-state index < -0.39 is 17.5 Å². The lowest BCUT2D eigenvalue weighted by molar-refractivity contribution is 0.0779. The zero-order valence-corrected chi connectivity index (χ0v) is 12.6. The van der Waals surface area contributed by atoms with Crippen LogP contribution < -0.4 is 0 Å². The number of carbonyl (C=O) groups is 1. The largest absolute Gasteiger partial charge is 0.337 e. The molecule has 0 aliphatic heterocycles. The molecule has 21 heavy (non-hydrogen) atoms. The summed E-state index contributed by atoms with van der Waals surface area (Å²) in [7, 11) is 1.56. The molecule has 0 fully saturated rings. The Labute approximate surface area is 126 Å². The highest BCUT2D eigenvalue weighted by Crippen LogP contribution is 2.17. The zero-order chi connectivity index (χ0) is 15.4. The molecule has 0 aliphatic rings. The van der Waals surface area contributed by atoms with Crippen LogP contribution in [0.2, 0.25) is 0 Å². The van der Waals surface area contributed by atoms with Gasteiger partial charge < -0.3 is 4.90 Å². The van der Waals surface area contributed by atoms with Crippen LogP contribution in [0.4, 0.5) is 8.78 Å². The molecule has 2 rings (SSSR count). The molecule has 1 amide bonds. The van der Waals surface area contributed by atoms with Crippen molar-refractivity contribution in [2.45, 2.75) is 11.4 Å². The van der Waals surface area contributed by atoms with Crippen molar-refractivity contribution in [2.24, 2.45) is 0 Å². The third-order valence-corrected chi connectivity index (χ3v) is 3.85. The molecular weight excluding hydrogens is 292 g/mol. The number of amides is 1. The van der Waals surface area contributed by atoms with Gasteiger partial charge in [0.1, 0.15) is 0 Å². The van der Waals surface area contributed by atoms with E-state index in [9.17, 15) is 13.6 Å². The summed E-state index contributed by atoms with van der Waals surface area (Å²) in [6.07, 6.45) is 1.98. The van der Waals surface area contributed by atoms with Crippen molar-refractivity contribution in [1.29, 1.82) is 0 Å². The van der Waals surface area contributed by atoms with Gasteiger partial charge in [-0.2, -0.15) is 0 Å². The predicted octanol–water partition coefficient (Wildman–Crippen LogP) is 3.96. The molecular formula is C16H15F2NOS. The van der Waals surface area contributed by atoms with Crippen molar-refractivity contribution >= 4 is 17.7 Å². The van der Waals surface area contributed by atoms with E-state index >= 15 is 0 Å². The maximum Gasteiger partial charge on any atom is 0.256 e. The molecule has 2 nitrogen and oxygen atoms in total. The fraction of sp³-hybridized carbons (Fsp3) is 0.188. The summed E-state index contributed by atoms with van der Waals surface area (Å²) in [5.41, 5.74) is 0.679. The van der Waals surface area contributed by atoms with Gasteiger partial charge in [-0.1, -0.05) is 18.2 Å². The third-order valence-electron chi connectivity index (χ3n) is 3.11. The lowest BCUT2D eigenvalue weighted by Gasteiger charge is -2.18. The Morgan fingerprint density at radius 2 is 1.81 bits per heavy atom. The summed E-state index contributed by atoms with van der Waals surface area (Å²) in [5, 5.41) is 0. The van der Waals surface area contributed by atoms with Gasteiger partial charge in [-0.15, -0.1) is 11.8 Å². The highest BCUT2D eigenvalue weighted by molar-refractivity contribution is 7.98. The number of hydrogen-bond donors (Lipinski definition) is 0. The van der Waals surface area contributed by atoms with Crippen LogP contribution in [0.25, 0.3) is 0 Å². The van der Waals surface area contributed by atoms with Crippen LogP contribution in [0, 0.1) is 11.6 Å². The van der Waals surface area contributed by atoms with Crippen LogP contribution in [-0.4, -0.2) is 24.1 Å². The fourth-order valence-electron chi connectivity index (χ4n) is 1.95. The number of benzene rings is 2. The first kappa shape index (κ1) is 15.5. The zero-order valence-electron chi connectivity index (χ0n) is 11.8. The van der Waals surface area contributed by atoms with Gasteiger partial charge in [-0.25, -0.2) is 8.78 Å². The first-order valence-corrected chi connectivity index (χ1v) is 7.58. The number of nitrogens with zero attached hydrogens (tertiary/aromatic N) is 1. The van der Waals surface area contributed by atoms with Gasteiger partial charge in [-0.05, 0) is 36.1 Å². The number of halogens is 2. The quantitative estimate of drug-likeness (QED) is 0.797. The van der Waals surface area contributed by atoms with Crippen LogP contribution in [0.5, 0.6) is 0 Å². The molecule has 0 aromatic heterocycles. The molecule has 0 heterocycles. The second kappa shape index (κ2) is 6.72. The van der Waals surface area contributed by atoms with E-state index in [0.29, 0.717) is 6.54 Å². The van der Waals surface area contributed by atoms with E-state index in [0.717, 1.165) is 16.5 Å². The average molecular weight is 307 g/mol. The van der Waals surface area contributed by atoms with Crippen LogP contribution in [0.1, 0.15) is 15.9 Å². The standard InChI is InChI=1S/C16H15F2NOS/c1-19(10-11-6-8-12(21-2)9-7-11)16(20)13-4-3-5-14(17)15(13)18/h3-9H,10H2,1-2H3. The van der Waals surface area contributed by atoms with Gasteiger partial charge in [0.05, 0.1) is 5.56 Å². The highest BCUT2D eigenvalue weighted by atomic mass is 32.2. The minimum atomic E-state index is -1.10. The molecule has 0 saturated heterocycles. The van der Waals surface area contributed by atoms with Crippen LogP contribution in [0.3, 0.4) is 0 Å². The highest BCUT2D eigenvalue weighted by Gasteiger charge is 2.18. The van der Waals surface area contributed by atoms with E-state index in [1.54, 1.807) is 18.8 Å². The summed E-state index contributed by atoms with van der Waals surface area (Å²) in [4.78, 5) is 14.7. The van der Waals surface area contributed by atoms with Gasteiger partial charge in [-0.3, -0.25) is 4.79 Å². The number of hydrogen-bond acceptors (Lipinski definition) is 2. The molecule has 0 atom stereocenters. The molecule has 0 aliphatic carbocycles. The van der Waals surface area contributed by atoms with E-state index in [2.05, 4.69) is 0 Å². The molecule has 0 saturated carbocycles. The van der Waals surface area contributed by atoms with Gasteiger partial charge in [0.2, 0.25) is 0 Å². The smallest absolute Gasteiger partial charge is 0.256 e. The SMILES string of the molecule is CSc1ccc(CN(C)C(=O)c2cccc(F)c2F)cc1. The molecule has 0 radical (unpaired) electrons. The second-order valence-electron chi connectivity index (χ2n) is 4.61. The Morgan fingerprint density at radius 1 is 1.14 bits per heavy atom. The van der Waals surface area contributed by atoms with Crippen molar-refractivity contribution in [3.8, 4) is 0 Å².